The van der Waals surface area contributed by atoms with Gasteiger partial charge in [0.25, 0.3) is 5.91 Å². The number of aromatic nitrogens is 2. The zero-order valence-electron chi connectivity index (χ0n) is 16.6. The summed E-state index contributed by atoms with van der Waals surface area (Å²) in [5, 5.41) is 9.91. The van der Waals surface area contributed by atoms with Crippen molar-refractivity contribution in [2.75, 3.05) is 5.32 Å². The molecule has 0 unspecified atom stereocenters. The molecule has 4 aromatic rings. The number of carbonyl (C=O) groups is 1. The van der Waals surface area contributed by atoms with Crippen molar-refractivity contribution in [3.63, 3.8) is 0 Å². The normalized spacial score (nSPS) is 10.8. The lowest BCUT2D eigenvalue weighted by atomic mass is 10.2. The summed E-state index contributed by atoms with van der Waals surface area (Å²) in [6.45, 7) is 2.95. The lowest BCUT2D eigenvalue weighted by Crippen LogP contribution is -2.11. The van der Waals surface area contributed by atoms with Gasteiger partial charge in [0.15, 0.2) is 5.82 Å². The molecule has 0 aliphatic rings. The van der Waals surface area contributed by atoms with Gasteiger partial charge in [-0.05, 0) is 59.8 Å². The maximum atomic E-state index is 12.6. The molecule has 158 valence electrons. The van der Waals surface area contributed by atoms with Gasteiger partial charge in [-0.1, -0.05) is 39.7 Å². The Morgan fingerprint density at radius 3 is 2.74 bits per heavy atom. The van der Waals surface area contributed by atoms with Crippen molar-refractivity contribution < 1.29 is 9.53 Å². The first kappa shape index (κ1) is 21.6. The van der Waals surface area contributed by atoms with Gasteiger partial charge in [-0.15, -0.1) is 11.3 Å². The van der Waals surface area contributed by atoms with Crippen LogP contribution < -0.4 is 10.1 Å². The Balaban J connectivity index is 1.33. The number of amides is 1. The molecule has 0 atom stereocenters. The Hall–Kier alpha value is -2.61. The van der Waals surface area contributed by atoms with Crippen molar-refractivity contribution in [3.8, 4) is 5.75 Å². The van der Waals surface area contributed by atoms with E-state index in [1.54, 1.807) is 10.7 Å². The second-order valence-corrected chi connectivity index (χ2v) is 9.23. The minimum Gasteiger partial charge on any atom is -0.489 e. The second kappa shape index (κ2) is 9.68. The standard InChI is InChI=1S/C23H19BrClN3O2S/c1-15-10-19(6-7-20(15)25)30-13-17-11-21(31-14-17)23(29)26-22-8-9-28(27-22)12-16-2-4-18(24)5-3-16/h2-11,14H,12-13H2,1H3,(H,26,27,29). The summed E-state index contributed by atoms with van der Waals surface area (Å²) in [5.74, 6) is 1.08. The third-order valence-corrected chi connectivity index (χ3v) is 6.48. The number of rotatable bonds is 7. The van der Waals surface area contributed by atoms with Crippen LogP contribution in [0.2, 0.25) is 5.02 Å². The van der Waals surface area contributed by atoms with Gasteiger partial charge in [0.1, 0.15) is 12.4 Å². The van der Waals surface area contributed by atoms with Crippen LogP contribution in [0.1, 0.15) is 26.4 Å². The molecule has 2 heterocycles. The quantitative estimate of drug-likeness (QED) is 0.303. The van der Waals surface area contributed by atoms with Crippen molar-refractivity contribution in [1.29, 1.82) is 0 Å². The molecule has 2 aromatic carbocycles. The third-order valence-electron chi connectivity index (χ3n) is 4.55. The molecule has 2 aromatic heterocycles. The molecule has 5 nitrogen and oxygen atoms in total. The molecular formula is C23H19BrClN3O2S. The van der Waals surface area contributed by atoms with Gasteiger partial charge in [-0.2, -0.15) is 5.10 Å². The van der Waals surface area contributed by atoms with E-state index in [9.17, 15) is 4.79 Å². The molecule has 0 aliphatic carbocycles. The number of anilines is 1. The maximum Gasteiger partial charge on any atom is 0.266 e. The number of hydrogen-bond acceptors (Lipinski definition) is 4. The highest BCUT2D eigenvalue weighted by atomic mass is 79.9. The number of thiophene rings is 1. The van der Waals surface area contributed by atoms with Crippen LogP contribution in [-0.2, 0) is 13.2 Å². The van der Waals surface area contributed by atoms with Crippen LogP contribution in [0, 0.1) is 6.92 Å². The van der Waals surface area contributed by atoms with Crippen LogP contribution in [0.3, 0.4) is 0 Å². The van der Waals surface area contributed by atoms with E-state index >= 15 is 0 Å². The van der Waals surface area contributed by atoms with E-state index in [1.807, 2.05) is 67.0 Å². The van der Waals surface area contributed by atoms with Crippen molar-refractivity contribution in [1.82, 2.24) is 9.78 Å². The van der Waals surface area contributed by atoms with Crippen LogP contribution in [0.25, 0.3) is 0 Å². The molecule has 0 aliphatic heterocycles. The molecule has 0 saturated carbocycles. The first-order chi connectivity index (χ1) is 15.0. The molecule has 1 N–H and O–H groups in total. The van der Waals surface area contributed by atoms with Gasteiger partial charge in [0.05, 0.1) is 11.4 Å². The number of benzene rings is 2. The zero-order chi connectivity index (χ0) is 21.8. The van der Waals surface area contributed by atoms with Gasteiger partial charge in [0.2, 0.25) is 0 Å². The monoisotopic (exact) mass is 515 g/mol. The first-order valence-electron chi connectivity index (χ1n) is 9.52. The predicted octanol–water partition coefficient (Wildman–Crippen LogP) is 6.55. The Bertz CT molecular complexity index is 1200. The summed E-state index contributed by atoms with van der Waals surface area (Å²) in [7, 11) is 0. The topological polar surface area (TPSA) is 56.1 Å². The Morgan fingerprint density at radius 2 is 1.97 bits per heavy atom. The molecular weight excluding hydrogens is 498 g/mol. The predicted molar refractivity (Wildman–Crippen MR) is 128 cm³/mol. The highest BCUT2D eigenvalue weighted by Crippen LogP contribution is 2.23. The largest absolute Gasteiger partial charge is 0.489 e. The number of hydrogen-bond donors (Lipinski definition) is 1. The third kappa shape index (κ3) is 5.76. The van der Waals surface area contributed by atoms with Gasteiger partial charge in [0, 0.05) is 27.3 Å². The lowest BCUT2D eigenvalue weighted by Gasteiger charge is -2.06. The van der Waals surface area contributed by atoms with Gasteiger partial charge >= 0.3 is 0 Å². The molecule has 4 rings (SSSR count). The van der Waals surface area contributed by atoms with Gasteiger partial charge in [-0.25, -0.2) is 0 Å². The van der Waals surface area contributed by atoms with E-state index in [4.69, 9.17) is 16.3 Å². The van der Waals surface area contributed by atoms with Gasteiger partial charge in [-0.3, -0.25) is 9.48 Å². The summed E-state index contributed by atoms with van der Waals surface area (Å²) in [4.78, 5) is 13.2. The van der Waals surface area contributed by atoms with E-state index in [-0.39, 0.29) is 5.91 Å². The summed E-state index contributed by atoms with van der Waals surface area (Å²) < 4.78 is 8.63. The van der Waals surface area contributed by atoms with E-state index in [1.165, 1.54) is 11.3 Å². The first-order valence-corrected chi connectivity index (χ1v) is 11.6. The number of nitrogens with one attached hydrogen (secondary N) is 1. The SMILES string of the molecule is Cc1cc(OCc2csc(C(=O)Nc3ccn(Cc4ccc(Br)cc4)n3)c2)ccc1Cl. The van der Waals surface area contributed by atoms with E-state index < -0.39 is 0 Å². The Labute approximate surface area is 197 Å². The Kier molecular flexibility index (Phi) is 6.75. The van der Waals surface area contributed by atoms with Crippen molar-refractivity contribution in [2.45, 2.75) is 20.1 Å². The fourth-order valence-electron chi connectivity index (χ4n) is 2.92. The number of nitrogens with zero attached hydrogens (tertiary/aromatic N) is 2. The highest BCUT2D eigenvalue weighted by molar-refractivity contribution is 9.10. The number of ether oxygens (including phenoxy) is 1. The number of carbonyl (C=O) groups excluding carboxylic acids is 1. The number of halogens is 2. The molecule has 0 radical (unpaired) electrons. The second-order valence-electron chi connectivity index (χ2n) is 7.00. The molecule has 8 heteroatoms. The van der Waals surface area contributed by atoms with E-state index in [0.29, 0.717) is 28.9 Å². The Morgan fingerprint density at radius 1 is 1.16 bits per heavy atom. The molecule has 31 heavy (non-hydrogen) atoms. The smallest absolute Gasteiger partial charge is 0.266 e. The maximum absolute atomic E-state index is 12.6. The summed E-state index contributed by atoms with van der Waals surface area (Å²) >= 11 is 10.9. The van der Waals surface area contributed by atoms with E-state index in [2.05, 4.69) is 26.3 Å². The minimum atomic E-state index is -0.188. The molecule has 0 spiro atoms. The fourth-order valence-corrected chi connectivity index (χ4v) is 4.09. The van der Waals surface area contributed by atoms with Crippen LogP contribution in [0.5, 0.6) is 5.75 Å². The van der Waals surface area contributed by atoms with Crippen LogP contribution in [0.4, 0.5) is 5.82 Å². The fraction of sp³-hybridized carbons (Fsp3) is 0.130. The lowest BCUT2D eigenvalue weighted by molar-refractivity contribution is 0.103. The molecule has 0 saturated heterocycles. The summed E-state index contributed by atoms with van der Waals surface area (Å²) in [6, 6.07) is 17.2. The van der Waals surface area contributed by atoms with Gasteiger partial charge < -0.3 is 10.1 Å². The summed E-state index contributed by atoms with van der Waals surface area (Å²) in [5.41, 5.74) is 3.02. The zero-order valence-corrected chi connectivity index (χ0v) is 19.8. The average molecular weight is 517 g/mol. The summed E-state index contributed by atoms with van der Waals surface area (Å²) in [6.07, 6.45) is 1.85. The highest BCUT2D eigenvalue weighted by Gasteiger charge is 2.12. The number of aryl methyl sites for hydroxylation is 1. The molecule has 0 bridgehead atoms. The molecule has 1 amide bonds. The average Bonchev–Trinajstić information content (AvgIpc) is 3.40. The van der Waals surface area contributed by atoms with Crippen molar-refractivity contribution >= 4 is 50.6 Å². The van der Waals surface area contributed by atoms with Crippen molar-refractivity contribution in [2.24, 2.45) is 0 Å². The minimum absolute atomic E-state index is 0.188. The van der Waals surface area contributed by atoms with Crippen LogP contribution in [0.15, 0.2) is 70.6 Å². The van der Waals surface area contributed by atoms with Crippen molar-refractivity contribution in [3.05, 3.63) is 97.2 Å². The molecule has 0 fully saturated rings. The van der Waals surface area contributed by atoms with E-state index in [0.717, 1.165) is 26.9 Å². The van der Waals surface area contributed by atoms with Crippen LogP contribution >= 0.6 is 38.9 Å². The van der Waals surface area contributed by atoms with Crippen LogP contribution in [-0.4, -0.2) is 15.7 Å².